The van der Waals surface area contributed by atoms with Crippen LogP contribution in [0.2, 0.25) is 0 Å². The minimum Gasteiger partial charge on any atom is -0.119 e. The summed E-state index contributed by atoms with van der Waals surface area (Å²) in [6.07, 6.45) is 46.5. The van der Waals surface area contributed by atoms with Crippen LogP contribution in [0.15, 0.2) is 0 Å². The summed E-state index contributed by atoms with van der Waals surface area (Å²) in [4.78, 5) is 0.0977. The van der Waals surface area contributed by atoms with Crippen LogP contribution in [0.1, 0.15) is 233 Å². The highest BCUT2D eigenvalue weighted by molar-refractivity contribution is 6.23. The van der Waals surface area contributed by atoms with Gasteiger partial charge in [0.05, 0.1) is 0 Å². The van der Waals surface area contributed by atoms with Crippen molar-refractivity contribution >= 4 is 11.6 Å². The second kappa shape index (κ2) is 31.8. The van der Waals surface area contributed by atoms with Gasteiger partial charge >= 0.3 is 0 Å². The SMILES string of the molecule is CCCCCCCCCCCCC(Cl)(CCCCCCCCCCCC)CCCCCCCCCCCC. The molecule has 0 rings (SSSR count). The third-order valence-corrected chi connectivity index (χ3v) is 9.50. The van der Waals surface area contributed by atoms with E-state index in [0.29, 0.717) is 0 Å². The predicted octanol–water partition coefficient (Wildman–Crippen LogP) is 14.9. The summed E-state index contributed by atoms with van der Waals surface area (Å²) in [5, 5.41) is 0. The van der Waals surface area contributed by atoms with Crippen molar-refractivity contribution in [3.8, 4) is 0 Å². The number of rotatable bonds is 33. The molecule has 0 aromatic heterocycles. The van der Waals surface area contributed by atoms with E-state index in [1.165, 1.54) is 212 Å². The molecule has 38 heavy (non-hydrogen) atoms. The van der Waals surface area contributed by atoms with Crippen molar-refractivity contribution in [2.24, 2.45) is 0 Å². The summed E-state index contributed by atoms with van der Waals surface area (Å²) in [7, 11) is 0. The van der Waals surface area contributed by atoms with E-state index in [4.69, 9.17) is 11.6 Å². The molecule has 0 spiro atoms. The van der Waals surface area contributed by atoms with E-state index in [-0.39, 0.29) is 4.87 Å². The molecule has 0 unspecified atom stereocenters. The van der Waals surface area contributed by atoms with E-state index in [1.807, 2.05) is 0 Å². The number of halogens is 1. The van der Waals surface area contributed by atoms with E-state index in [2.05, 4.69) is 20.8 Å². The molecule has 0 aromatic carbocycles. The normalized spacial score (nSPS) is 12.0. The van der Waals surface area contributed by atoms with E-state index in [9.17, 15) is 0 Å². The zero-order chi connectivity index (χ0) is 27.8. The van der Waals surface area contributed by atoms with Crippen LogP contribution in [0.5, 0.6) is 0 Å². The largest absolute Gasteiger partial charge is 0.119 e. The van der Waals surface area contributed by atoms with Crippen LogP contribution in [-0.4, -0.2) is 4.87 Å². The molecule has 0 radical (unpaired) electrons. The number of unbranched alkanes of at least 4 members (excludes halogenated alkanes) is 27. The van der Waals surface area contributed by atoms with Crippen molar-refractivity contribution in [1.29, 1.82) is 0 Å². The Labute approximate surface area is 248 Å². The third kappa shape index (κ3) is 29.3. The number of hydrogen-bond acceptors (Lipinski definition) is 0. The maximum absolute atomic E-state index is 7.37. The molecule has 0 heterocycles. The fraction of sp³-hybridized carbons (Fsp3) is 1.00. The first-order valence-electron chi connectivity index (χ1n) is 18.4. The second-order valence-electron chi connectivity index (χ2n) is 12.9. The summed E-state index contributed by atoms with van der Waals surface area (Å²) in [5.74, 6) is 0. The highest BCUT2D eigenvalue weighted by atomic mass is 35.5. The van der Waals surface area contributed by atoms with Gasteiger partial charge in [0.2, 0.25) is 0 Å². The molecule has 0 amide bonds. The fourth-order valence-electron chi connectivity index (χ4n) is 6.16. The quantitative estimate of drug-likeness (QED) is 0.0558. The fourth-order valence-corrected chi connectivity index (χ4v) is 6.56. The topological polar surface area (TPSA) is 0 Å². The molecule has 230 valence electrons. The van der Waals surface area contributed by atoms with Crippen LogP contribution in [-0.2, 0) is 0 Å². The van der Waals surface area contributed by atoms with Crippen molar-refractivity contribution < 1.29 is 0 Å². The van der Waals surface area contributed by atoms with Gasteiger partial charge in [0, 0.05) is 4.87 Å². The van der Waals surface area contributed by atoms with Crippen LogP contribution >= 0.6 is 11.6 Å². The summed E-state index contributed by atoms with van der Waals surface area (Å²) in [6, 6.07) is 0. The third-order valence-electron chi connectivity index (χ3n) is 8.94. The lowest BCUT2D eigenvalue weighted by Gasteiger charge is -2.27. The van der Waals surface area contributed by atoms with Crippen molar-refractivity contribution in [1.82, 2.24) is 0 Å². The van der Waals surface area contributed by atoms with E-state index >= 15 is 0 Å². The van der Waals surface area contributed by atoms with Crippen molar-refractivity contribution in [2.45, 2.75) is 238 Å². The lowest BCUT2D eigenvalue weighted by molar-refractivity contribution is 0.394. The Balaban J connectivity index is 4.06. The first-order chi connectivity index (χ1) is 18.7. The molecule has 0 saturated carbocycles. The molecule has 0 fully saturated rings. The second-order valence-corrected chi connectivity index (χ2v) is 13.7. The van der Waals surface area contributed by atoms with Gasteiger partial charge in [0.15, 0.2) is 0 Å². The van der Waals surface area contributed by atoms with Gasteiger partial charge in [0.1, 0.15) is 0 Å². The molecule has 1 heteroatoms. The Kier molecular flexibility index (Phi) is 32.1. The van der Waals surface area contributed by atoms with Gasteiger partial charge in [-0.05, 0) is 19.3 Å². The van der Waals surface area contributed by atoms with Gasteiger partial charge in [-0.3, -0.25) is 0 Å². The van der Waals surface area contributed by atoms with Crippen LogP contribution in [0.3, 0.4) is 0 Å². The lowest BCUT2D eigenvalue weighted by atomic mass is 9.88. The smallest absolute Gasteiger partial charge is 0.0446 e. The molecule has 0 N–H and O–H groups in total. The average Bonchev–Trinajstić information content (AvgIpc) is 2.92. The molecule has 0 nitrogen and oxygen atoms in total. The molecule has 0 aliphatic carbocycles. The van der Waals surface area contributed by atoms with Crippen LogP contribution in [0, 0.1) is 0 Å². The molecular formula is C37H75Cl. The summed E-state index contributed by atoms with van der Waals surface area (Å²) >= 11 is 7.37. The van der Waals surface area contributed by atoms with E-state index in [0.717, 1.165) is 0 Å². The number of hydrogen-bond donors (Lipinski definition) is 0. The van der Waals surface area contributed by atoms with Gasteiger partial charge in [0.25, 0.3) is 0 Å². The van der Waals surface area contributed by atoms with Crippen LogP contribution < -0.4 is 0 Å². The first-order valence-corrected chi connectivity index (χ1v) is 18.7. The zero-order valence-corrected chi connectivity index (χ0v) is 28.0. The highest BCUT2D eigenvalue weighted by Gasteiger charge is 2.25. The van der Waals surface area contributed by atoms with Gasteiger partial charge in [-0.2, -0.15) is 0 Å². The Morgan fingerprint density at radius 2 is 0.421 bits per heavy atom. The van der Waals surface area contributed by atoms with Gasteiger partial charge in [-0.15, -0.1) is 11.6 Å². The van der Waals surface area contributed by atoms with Crippen LogP contribution in [0.25, 0.3) is 0 Å². The molecule has 0 aromatic rings. The molecule has 0 aliphatic rings. The van der Waals surface area contributed by atoms with Crippen molar-refractivity contribution in [3.05, 3.63) is 0 Å². The minimum absolute atomic E-state index is 0.0977. The van der Waals surface area contributed by atoms with Gasteiger partial charge < -0.3 is 0 Å². The monoisotopic (exact) mass is 555 g/mol. The summed E-state index contributed by atoms with van der Waals surface area (Å²) in [6.45, 7) is 6.93. The van der Waals surface area contributed by atoms with E-state index < -0.39 is 0 Å². The Hall–Kier alpha value is 0.290. The number of alkyl halides is 1. The lowest BCUT2D eigenvalue weighted by Crippen LogP contribution is -2.21. The van der Waals surface area contributed by atoms with Gasteiger partial charge in [-0.1, -0.05) is 213 Å². The Morgan fingerprint density at radius 3 is 0.605 bits per heavy atom. The highest BCUT2D eigenvalue weighted by Crippen LogP contribution is 2.35. The summed E-state index contributed by atoms with van der Waals surface area (Å²) < 4.78 is 0. The molecule has 0 bridgehead atoms. The maximum atomic E-state index is 7.37. The summed E-state index contributed by atoms with van der Waals surface area (Å²) in [5.41, 5.74) is 0. The minimum atomic E-state index is 0.0977. The predicted molar refractivity (Wildman–Crippen MR) is 178 cm³/mol. The first kappa shape index (κ1) is 38.3. The Morgan fingerprint density at radius 1 is 0.263 bits per heavy atom. The maximum Gasteiger partial charge on any atom is 0.0446 e. The zero-order valence-electron chi connectivity index (χ0n) is 27.2. The van der Waals surface area contributed by atoms with Crippen molar-refractivity contribution in [3.63, 3.8) is 0 Å². The standard InChI is InChI=1S/C37H75Cl/c1-4-7-10-13-16-19-22-25-28-31-34-37(38,35-32-29-26-23-20-17-14-11-8-5-2)36-33-30-27-24-21-18-15-12-9-6-3/h4-36H2,1-3H3. The van der Waals surface area contributed by atoms with Gasteiger partial charge in [-0.25, -0.2) is 0 Å². The van der Waals surface area contributed by atoms with E-state index in [1.54, 1.807) is 0 Å². The molecule has 0 saturated heterocycles. The van der Waals surface area contributed by atoms with Crippen LogP contribution in [0.4, 0.5) is 0 Å². The van der Waals surface area contributed by atoms with Crippen molar-refractivity contribution in [2.75, 3.05) is 0 Å². The molecule has 0 atom stereocenters. The average molecular weight is 555 g/mol. The molecular weight excluding hydrogens is 480 g/mol. The Bertz CT molecular complexity index is 357. The molecule has 0 aliphatic heterocycles.